The lowest BCUT2D eigenvalue weighted by Gasteiger charge is -2.34. The second-order valence-electron chi connectivity index (χ2n) is 5.41. The fourth-order valence-corrected chi connectivity index (χ4v) is 3.23. The van der Waals surface area contributed by atoms with Gasteiger partial charge >= 0.3 is 0 Å². The lowest BCUT2D eigenvalue weighted by Crippen LogP contribution is -2.38. The minimum Gasteiger partial charge on any atom is -0.329 e. The number of nitrogens with zero attached hydrogens (tertiary/aromatic N) is 3. The summed E-state index contributed by atoms with van der Waals surface area (Å²) in [6.07, 6.45) is 1.96. The molecule has 20 heavy (non-hydrogen) atoms. The van der Waals surface area contributed by atoms with Gasteiger partial charge in [0.15, 0.2) is 0 Å². The van der Waals surface area contributed by atoms with Crippen LogP contribution in [0.4, 0.5) is 0 Å². The van der Waals surface area contributed by atoms with Crippen molar-refractivity contribution in [1.82, 2.24) is 14.7 Å². The molecule has 2 N–H and O–H groups in total. The molecule has 0 aromatic carbocycles. The highest BCUT2D eigenvalue weighted by molar-refractivity contribution is 7.09. The Hall–Kier alpha value is -1.17. The maximum Gasteiger partial charge on any atom is 0.0540 e. The molecule has 0 fully saturated rings. The Labute approximate surface area is 125 Å². The fourth-order valence-electron chi connectivity index (χ4n) is 2.52. The van der Waals surface area contributed by atoms with E-state index in [2.05, 4.69) is 48.3 Å². The Morgan fingerprint density at radius 1 is 1.45 bits per heavy atom. The van der Waals surface area contributed by atoms with Crippen LogP contribution in [0.2, 0.25) is 0 Å². The van der Waals surface area contributed by atoms with Crippen molar-refractivity contribution in [3.63, 3.8) is 0 Å². The largest absolute Gasteiger partial charge is 0.329 e. The van der Waals surface area contributed by atoms with E-state index in [4.69, 9.17) is 5.73 Å². The van der Waals surface area contributed by atoms with Crippen LogP contribution in [0.5, 0.6) is 0 Å². The van der Waals surface area contributed by atoms with Crippen LogP contribution in [0, 0.1) is 6.92 Å². The normalized spacial score (nSPS) is 13.3. The van der Waals surface area contributed by atoms with Gasteiger partial charge in [-0.2, -0.15) is 5.10 Å². The van der Waals surface area contributed by atoms with E-state index in [-0.39, 0.29) is 6.04 Å². The molecule has 0 aliphatic heterocycles. The monoisotopic (exact) mass is 292 g/mol. The van der Waals surface area contributed by atoms with E-state index in [1.54, 1.807) is 11.3 Å². The Balaban J connectivity index is 2.28. The van der Waals surface area contributed by atoms with Gasteiger partial charge < -0.3 is 5.73 Å². The number of hydrogen-bond acceptors (Lipinski definition) is 4. The smallest absolute Gasteiger partial charge is 0.0540 e. The van der Waals surface area contributed by atoms with Gasteiger partial charge in [-0.05, 0) is 32.2 Å². The van der Waals surface area contributed by atoms with E-state index in [1.165, 1.54) is 16.1 Å². The molecule has 1 unspecified atom stereocenters. The van der Waals surface area contributed by atoms with Crippen LogP contribution in [0.1, 0.15) is 36.0 Å². The number of aromatic nitrogens is 2. The number of nitrogens with two attached hydrogens (primary N) is 1. The van der Waals surface area contributed by atoms with Crippen LogP contribution in [-0.4, -0.2) is 27.3 Å². The minimum absolute atomic E-state index is 0.214. The molecule has 0 aliphatic rings. The molecule has 2 aromatic heterocycles. The Morgan fingerprint density at radius 3 is 2.65 bits per heavy atom. The molecule has 0 radical (unpaired) electrons. The average Bonchev–Trinajstić information content (AvgIpc) is 3.03. The van der Waals surface area contributed by atoms with Crippen LogP contribution >= 0.6 is 11.3 Å². The predicted molar refractivity (Wildman–Crippen MR) is 84.7 cm³/mol. The van der Waals surface area contributed by atoms with Crippen LogP contribution in [0.15, 0.2) is 23.7 Å². The van der Waals surface area contributed by atoms with E-state index in [9.17, 15) is 0 Å². The molecular weight excluding hydrogens is 268 g/mol. The van der Waals surface area contributed by atoms with E-state index < -0.39 is 0 Å². The zero-order valence-electron chi connectivity index (χ0n) is 12.7. The third-order valence-electron chi connectivity index (χ3n) is 3.84. The molecule has 4 nitrogen and oxygen atoms in total. The van der Waals surface area contributed by atoms with Crippen molar-refractivity contribution in [2.45, 2.75) is 39.4 Å². The van der Waals surface area contributed by atoms with Crippen molar-refractivity contribution in [3.05, 3.63) is 39.8 Å². The first kappa shape index (κ1) is 15.2. The predicted octanol–water partition coefficient (Wildman–Crippen LogP) is 2.70. The molecule has 0 saturated carbocycles. The molecule has 0 spiro atoms. The summed E-state index contributed by atoms with van der Waals surface area (Å²) >= 11 is 1.80. The molecule has 110 valence electrons. The Kier molecular flexibility index (Phi) is 4.96. The van der Waals surface area contributed by atoms with Gasteiger partial charge in [0.05, 0.1) is 12.2 Å². The van der Waals surface area contributed by atoms with Crippen LogP contribution in [0.3, 0.4) is 0 Å². The van der Waals surface area contributed by atoms with Gasteiger partial charge in [-0.15, -0.1) is 11.3 Å². The van der Waals surface area contributed by atoms with Gasteiger partial charge in [-0.1, -0.05) is 6.07 Å². The average molecular weight is 292 g/mol. The summed E-state index contributed by atoms with van der Waals surface area (Å²) in [5, 5.41) is 6.49. The summed E-state index contributed by atoms with van der Waals surface area (Å²) in [5.74, 6) is 0. The van der Waals surface area contributed by atoms with Crippen molar-refractivity contribution in [2.24, 2.45) is 12.8 Å². The van der Waals surface area contributed by atoms with Crippen molar-refractivity contribution < 1.29 is 0 Å². The zero-order chi connectivity index (χ0) is 14.7. The van der Waals surface area contributed by atoms with Crippen LogP contribution in [0.25, 0.3) is 0 Å². The summed E-state index contributed by atoms with van der Waals surface area (Å²) < 4.78 is 1.92. The van der Waals surface area contributed by atoms with Crippen molar-refractivity contribution in [2.75, 3.05) is 6.54 Å². The third-order valence-corrected chi connectivity index (χ3v) is 4.70. The highest BCUT2D eigenvalue weighted by Gasteiger charge is 2.25. The first-order chi connectivity index (χ1) is 9.54. The summed E-state index contributed by atoms with van der Waals surface area (Å²) in [7, 11) is 1.98. The minimum atomic E-state index is 0.214. The van der Waals surface area contributed by atoms with Gasteiger partial charge in [0.25, 0.3) is 0 Å². The van der Waals surface area contributed by atoms with Crippen LogP contribution < -0.4 is 5.73 Å². The van der Waals surface area contributed by atoms with Gasteiger partial charge in [0.1, 0.15) is 0 Å². The molecule has 0 amide bonds. The van der Waals surface area contributed by atoms with E-state index in [0.717, 1.165) is 6.54 Å². The van der Waals surface area contributed by atoms with Crippen molar-refractivity contribution in [1.29, 1.82) is 0 Å². The molecule has 5 heteroatoms. The Morgan fingerprint density at radius 2 is 2.20 bits per heavy atom. The zero-order valence-corrected chi connectivity index (χ0v) is 13.5. The summed E-state index contributed by atoms with van der Waals surface area (Å²) in [6, 6.07) is 4.94. The number of aryl methyl sites for hydroxylation is 1. The van der Waals surface area contributed by atoms with E-state index in [0.29, 0.717) is 12.6 Å². The fraction of sp³-hybridized carbons (Fsp3) is 0.533. The lowest BCUT2D eigenvalue weighted by atomic mass is 10.0. The molecule has 1 atom stereocenters. The standard InChI is InChI=1S/C15H24N4S/c1-11(2)19(10-13-6-5-7-20-13)15(8-16)14-9-17-18(4)12(14)3/h5-7,9,11,15H,8,10,16H2,1-4H3. The molecule has 0 aliphatic carbocycles. The number of hydrogen-bond donors (Lipinski definition) is 1. The molecule has 2 aromatic rings. The van der Waals surface area contributed by atoms with Crippen molar-refractivity contribution in [3.8, 4) is 0 Å². The molecule has 0 bridgehead atoms. The Bertz CT molecular complexity index is 530. The van der Waals surface area contributed by atoms with Gasteiger partial charge in [0.2, 0.25) is 0 Å². The highest BCUT2D eigenvalue weighted by atomic mass is 32.1. The second kappa shape index (κ2) is 6.52. The number of rotatable bonds is 6. The molecule has 2 heterocycles. The summed E-state index contributed by atoms with van der Waals surface area (Å²) in [6.45, 7) is 8.10. The lowest BCUT2D eigenvalue weighted by molar-refractivity contribution is 0.149. The first-order valence-electron chi connectivity index (χ1n) is 7.01. The second-order valence-corrected chi connectivity index (χ2v) is 6.44. The first-order valence-corrected chi connectivity index (χ1v) is 7.89. The summed E-state index contributed by atoms with van der Waals surface area (Å²) in [4.78, 5) is 3.83. The highest BCUT2D eigenvalue weighted by Crippen LogP contribution is 2.27. The van der Waals surface area contributed by atoms with E-state index >= 15 is 0 Å². The van der Waals surface area contributed by atoms with E-state index in [1.807, 2.05) is 17.9 Å². The van der Waals surface area contributed by atoms with Gasteiger partial charge in [-0.3, -0.25) is 9.58 Å². The molecular formula is C15H24N4S. The summed E-state index contributed by atoms with van der Waals surface area (Å²) in [5.41, 5.74) is 8.50. The number of thiophene rings is 1. The maximum atomic E-state index is 6.08. The maximum absolute atomic E-state index is 6.08. The molecule has 0 saturated heterocycles. The SMILES string of the molecule is Cc1c(C(CN)N(Cc2cccs2)C(C)C)cnn1C. The van der Waals surface area contributed by atoms with Crippen molar-refractivity contribution >= 4 is 11.3 Å². The third kappa shape index (κ3) is 3.11. The van der Waals surface area contributed by atoms with Gasteiger partial charge in [0, 0.05) is 42.3 Å². The molecule has 2 rings (SSSR count). The van der Waals surface area contributed by atoms with Crippen LogP contribution in [-0.2, 0) is 13.6 Å². The quantitative estimate of drug-likeness (QED) is 0.890. The van der Waals surface area contributed by atoms with Gasteiger partial charge in [-0.25, -0.2) is 0 Å². The topological polar surface area (TPSA) is 47.1 Å².